The smallest absolute Gasteiger partial charge is 0.256 e. The van der Waals surface area contributed by atoms with Gasteiger partial charge in [-0.2, -0.15) is 0 Å². The maximum Gasteiger partial charge on any atom is 0.256 e. The van der Waals surface area contributed by atoms with Gasteiger partial charge >= 0.3 is 0 Å². The Kier molecular flexibility index (Phi) is 5.12. The number of fused-ring (bicyclic) bond motifs is 1. The van der Waals surface area contributed by atoms with E-state index in [0.717, 1.165) is 5.52 Å². The molecule has 1 heterocycles. The summed E-state index contributed by atoms with van der Waals surface area (Å²) in [6.07, 6.45) is 1.57. The van der Waals surface area contributed by atoms with Gasteiger partial charge in [-0.25, -0.2) is 0 Å². The molecule has 5 nitrogen and oxygen atoms in total. The fraction of sp³-hybridized carbons (Fsp3) is 0.412. The highest BCUT2D eigenvalue weighted by molar-refractivity contribution is 6.31. The molecule has 0 aliphatic carbocycles. The molecule has 0 atom stereocenters. The summed E-state index contributed by atoms with van der Waals surface area (Å²) < 4.78 is 1.85. The normalized spacial score (nSPS) is 11.7. The van der Waals surface area contributed by atoms with Crippen molar-refractivity contribution in [1.82, 2.24) is 9.88 Å². The molecular weight excluding hydrogens is 316 g/mol. The number of aryl methyl sites for hydroxylation is 1. The van der Waals surface area contributed by atoms with Crippen LogP contribution in [0.25, 0.3) is 10.9 Å². The number of hydrogen-bond acceptors (Lipinski definition) is 3. The SMILES string of the molecule is CCn1cc(C(=O)NCC(C)(C)CO)c(=O)c2cc(Cl)ccc21. The lowest BCUT2D eigenvalue weighted by Gasteiger charge is -2.22. The molecule has 6 heteroatoms. The number of benzene rings is 1. The summed E-state index contributed by atoms with van der Waals surface area (Å²) in [6.45, 7) is 6.45. The van der Waals surface area contributed by atoms with E-state index in [-0.39, 0.29) is 24.1 Å². The molecule has 2 aromatic rings. The maximum atomic E-state index is 12.6. The molecule has 0 fully saturated rings. The molecule has 23 heavy (non-hydrogen) atoms. The van der Waals surface area contributed by atoms with Crippen molar-refractivity contribution in [2.45, 2.75) is 27.3 Å². The minimum Gasteiger partial charge on any atom is -0.396 e. The van der Waals surface area contributed by atoms with Crippen LogP contribution in [0, 0.1) is 5.41 Å². The number of aliphatic hydroxyl groups excluding tert-OH is 1. The van der Waals surface area contributed by atoms with Crippen molar-refractivity contribution in [2.24, 2.45) is 5.41 Å². The largest absolute Gasteiger partial charge is 0.396 e. The highest BCUT2D eigenvalue weighted by Crippen LogP contribution is 2.18. The maximum absolute atomic E-state index is 12.6. The van der Waals surface area contributed by atoms with Crippen molar-refractivity contribution in [3.05, 3.63) is 45.2 Å². The molecule has 1 aromatic heterocycles. The average Bonchev–Trinajstić information content (AvgIpc) is 2.53. The van der Waals surface area contributed by atoms with Crippen LogP contribution in [0.5, 0.6) is 0 Å². The number of amides is 1. The Morgan fingerprint density at radius 2 is 2.09 bits per heavy atom. The van der Waals surface area contributed by atoms with Crippen molar-refractivity contribution in [3.63, 3.8) is 0 Å². The predicted octanol–water partition coefficient (Wildman–Crippen LogP) is 2.42. The minimum atomic E-state index is -0.445. The van der Waals surface area contributed by atoms with E-state index in [1.54, 1.807) is 24.4 Å². The van der Waals surface area contributed by atoms with Crippen LogP contribution in [0.15, 0.2) is 29.2 Å². The van der Waals surface area contributed by atoms with Crippen LogP contribution in [0.3, 0.4) is 0 Å². The van der Waals surface area contributed by atoms with E-state index in [4.69, 9.17) is 11.6 Å². The fourth-order valence-electron chi connectivity index (χ4n) is 2.26. The van der Waals surface area contributed by atoms with Crippen molar-refractivity contribution in [3.8, 4) is 0 Å². The van der Waals surface area contributed by atoms with E-state index in [1.165, 1.54) is 0 Å². The molecule has 0 bridgehead atoms. The second-order valence-corrected chi connectivity index (χ2v) is 6.76. The van der Waals surface area contributed by atoms with Crippen molar-refractivity contribution in [2.75, 3.05) is 13.2 Å². The van der Waals surface area contributed by atoms with Gasteiger partial charge in [-0.3, -0.25) is 9.59 Å². The first-order valence-corrected chi connectivity index (χ1v) is 7.88. The van der Waals surface area contributed by atoms with E-state index < -0.39 is 11.3 Å². The van der Waals surface area contributed by atoms with Gasteiger partial charge in [0.15, 0.2) is 0 Å². The number of pyridine rings is 1. The van der Waals surface area contributed by atoms with Crippen molar-refractivity contribution < 1.29 is 9.90 Å². The summed E-state index contributed by atoms with van der Waals surface area (Å²) in [5.41, 5.74) is 0.0376. The number of carbonyl (C=O) groups is 1. The summed E-state index contributed by atoms with van der Waals surface area (Å²) in [7, 11) is 0. The third-order valence-electron chi connectivity index (χ3n) is 3.78. The second-order valence-electron chi connectivity index (χ2n) is 6.32. The van der Waals surface area contributed by atoms with E-state index in [9.17, 15) is 14.7 Å². The molecule has 2 rings (SSSR count). The zero-order valence-corrected chi connectivity index (χ0v) is 14.3. The number of aliphatic hydroxyl groups is 1. The Balaban J connectivity index is 2.47. The molecule has 1 aromatic carbocycles. The lowest BCUT2D eigenvalue weighted by atomic mass is 9.95. The third kappa shape index (κ3) is 3.74. The first-order chi connectivity index (χ1) is 10.8. The number of rotatable bonds is 5. The van der Waals surface area contributed by atoms with Crippen LogP contribution in [-0.2, 0) is 6.54 Å². The van der Waals surface area contributed by atoms with Gasteiger partial charge in [0.05, 0.1) is 5.52 Å². The van der Waals surface area contributed by atoms with Crippen LogP contribution in [0.4, 0.5) is 0 Å². The topological polar surface area (TPSA) is 71.3 Å². The molecule has 0 aliphatic heterocycles. The number of halogens is 1. The molecule has 0 saturated carbocycles. The predicted molar refractivity (Wildman–Crippen MR) is 92.1 cm³/mol. The van der Waals surface area contributed by atoms with Gasteiger partial charge in [0, 0.05) is 41.7 Å². The Bertz CT molecular complexity index is 796. The molecule has 0 unspecified atom stereocenters. The highest BCUT2D eigenvalue weighted by Gasteiger charge is 2.20. The summed E-state index contributed by atoms with van der Waals surface area (Å²) in [6, 6.07) is 5.08. The summed E-state index contributed by atoms with van der Waals surface area (Å²) in [5, 5.41) is 12.8. The van der Waals surface area contributed by atoms with Gasteiger partial charge in [-0.05, 0) is 25.1 Å². The van der Waals surface area contributed by atoms with Gasteiger partial charge in [0.1, 0.15) is 5.56 Å². The van der Waals surface area contributed by atoms with Crippen molar-refractivity contribution in [1.29, 1.82) is 0 Å². The van der Waals surface area contributed by atoms with E-state index >= 15 is 0 Å². The van der Waals surface area contributed by atoms with Gasteiger partial charge < -0.3 is 15.0 Å². The van der Waals surface area contributed by atoms with Crippen LogP contribution in [0.1, 0.15) is 31.1 Å². The third-order valence-corrected chi connectivity index (χ3v) is 4.02. The molecule has 0 saturated heterocycles. The van der Waals surface area contributed by atoms with Crippen molar-refractivity contribution >= 4 is 28.4 Å². The van der Waals surface area contributed by atoms with Crippen LogP contribution < -0.4 is 10.7 Å². The average molecular weight is 337 g/mol. The standard InChI is InChI=1S/C17H21ClN2O3/c1-4-20-8-13(16(23)19-9-17(2,3)10-21)15(22)12-7-11(18)5-6-14(12)20/h5-8,21H,4,9-10H2,1-3H3,(H,19,23). The Hall–Kier alpha value is -1.85. The summed E-state index contributed by atoms with van der Waals surface area (Å²) in [4.78, 5) is 25.0. The molecule has 0 spiro atoms. The van der Waals surface area contributed by atoms with E-state index in [2.05, 4.69) is 5.32 Å². The van der Waals surface area contributed by atoms with Crippen LogP contribution >= 0.6 is 11.6 Å². The van der Waals surface area contributed by atoms with Gasteiger partial charge in [-0.1, -0.05) is 25.4 Å². The minimum absolute atomic E-state index is 0.0558. The number of carbonyl (C=O) groups excluding carboxylic acids is 1. The van der Waals surface area contributed by atoms with Gasteiger partial charge in [0.25, 0.3) is 5.91 Å². The quantitative estimate of drug-likeness (QED) is 0.880. The number of hydrogen-bond donors (Lipinski definition) is 2. The molecule has 0 aliphatic rings. The first kappa shape index (κ1) is 17.5. The monoisotopic (exact) mass is 336 g/mol. The van der Waals surface area contributed by atoms with Gasteiger partial charge in [-0.15, -0.1) is 0 Å². The Morgan fingerprint density at radius 3 is 2.70 bits per heavy atom. The molecule has 0 radical (unpaired) electrons. The molecular formula is C17H21ClN2O3. The summed E-state index contributed by atoms with van der Waals surface area (Å²) in [5.74, 6) is -0.444. The number of aromatic nitrogens is 1. The zero-order valence-electron chi connectivity index (χ0n) is 13.5. The van der Waals surface area contributed by atoms with Gasteiger partial charge in [0.2, 0.25) is 5.43 Å². The highest BCUT2D eigenvalue weighted by atomic mass is 35.5. The number of nitrogens with zero attached hydrogens (tertiary/aromatic N) is 1. The lowest BCUT2D eigenvalue weighted by Crippen LogP contribution is -2.38. The molecule has 2 N–H and O–H groups in total. The second kappa shape index (κ2) is 6.72. The molecule has 1 amide bonds. The van der Waals surface area contributed by atoms with E-state index in [1.807, 2.05) is 25.3 Å². The van der Waals surface area contributed by atoms with E-state index in [0.29, 0.717) is 17.0 Å². The Morgan fingerprint density at radius 1 is 1.39 bits per heavy atom. The lowest BCUT2D eigenvalue weighted by molar-refractivity contribution is 0.0909. The first-order valence-electron chi connectivity index (χ1n) is 7.51. The summed E-state index contributed by atoms with van der Waals surface area (Å²) >= 11 is 5.98. The van der Waals surface area contributed by atoms with Crippen LogP contribution in [0.2, 0.25) is 5.02 Å². The molecule has 124 valence electrons. The van der Waals surface area contributed by atoms with Crippen LogP contribution in [-0.4, -0.2) is 28.7 Å². The zero-order chi connectivity index (χ0) is 17.2. The Labute approximate surface area is 139 Å². The fourth-order valence-corrected chi connectivity index (χ4v) is 2.44. The number of nitrogens with one attached hydrogen (secondary N) is 1.